The maximum Gasteiger partial charge on any atom is 0.236 e. The van der Waals surface area contributed by atoms with E-state index in [2.05, 4.69) is 20.1 Å². The van der Waals surface area contributed by atoms with Crippen molar-refractivity contribution in [3.63, 3.8) is 0 Å². The van der Waals surface area contributed by atoms with E-state index in [1.165, 1.54) is 38.5 Å². The summed E-state index contributed by atoms with van der Waals surface area (Å²) in [5.41, 5.74) is 0.597. The van der Waals surface area contributed by atoms with E-state index in [9.17, 15) is 4.79 Å². The van der Waals surface area contributed by atoms with Crippen molar-refractivity contribution >= 4 is 11.9 Å². The molecule has 1 amide bonds. The number of piperazine rings is 1. The molecule has 25 heavy (non-hydrogen) atoms. The van der Waals surface area contributed by atoms with Gasteiger partial charge >= 0.3 is 0 Å². The van der Waals surface area contributed by atoms with E-state index in [-0.39, 0.29) is 0 Å². The third-order valence-electron chi connectivity index (χ3n) is 6.64. The van der Waals surface area contributed by atoms with Crippen LogP contribution < -0.4 is 5.32 Å². The van der Waals surface area contributed by atoms with E-state index >= 15 is 0 Å². The standard InChI is InChI=1S/C19H33N5O/c1-20-18(21-15-19(6-7-19)16-4-5-16)24-12-10-22(11-13-24)14-17(25)23-8-2-3-9-23/h16H,2-15H2,1H3,(H,20,21). The zero-order valence-electron chi connectivity index (χ0n) is 15.7. The van der Waals surface area contributed by atoms with E-state index in [0.717, 1.165) is 57.7 Å². The van der Waals surface area contributed by atoms with Gasteiger partial charge in [-0.25, -0.2) is 0 Å². The molecule has 2 aliphatic heterocycles. The van der Waals surface area contributed by atoms with Gasteiger partial charge in [-0.2, -0.15) is 0 Å². The van der Waals surface area contributed by atoms with Crippen LogP contribution in [0.3, 0.4) is 0 Å². The van der Waals surface area contributed by atoms with Gasteiger partial charge in [0.15, 0.2) is 5.96 Å². The maximum absolute atomic E-state index is 12.3. The lowest BCUT2D eigenvalue weighted by Gasteiger charge is -2.37. The number of rotatable bonds is 5. The molecular formula is C19H33N5O. The van der Waals surface area contributed by atoms with Crippen LogP contribution in [0.1, 0.15) is 38.5 Å². The Bertz CT molecular complexity index is 512. The molecule has 4 aliphatic rings. The Morgan fingerprint density at radius 3 is 2.28 bits per heavy atom. The number of likely N-dealkylation sites (tertiary alicyclic amines) is 1. The summed E-state index contributed by atoms with van der Waals surface area (Å²) in [4.78, 5) is 23.5. The molecule has 140 valence electrons. The van der Waals surface area contributed by atoms with Gasteiger partial charge in [0.25, 0.3) is 0 Å². The van der Waals surface area contributed by atoms with Crippen molar-refractivity contribution in [3.8, 4) is 0 Å². The molecule has 6 heteroatoms. The summed E-state index contributed by atoms with van der Waals surface area (Å²) < 4.78 is 0. The molecule has 0 aromatic carbocycles. The lowest BCUT2D eigenvalue weighted by atomic mass is 10.0. The molecule has 6 nitrogen and oxygen atoms in total. The highest BCUT2D eigenvalue weighted by Gasteiger charge is 2.53. The van der Waals surface area contributed by atoms with Gasteiger partial charge in [-0.15, -0.1) is 0 Å². The monoisotopic (exact) mass is 347 g/mol. The first-order valence-corrected chi connectivity index (χ1v) is 10.2. The predicted molar refractivity (Wildman–Crippen MR) is 99.6 cm³/mol. The Hall–Kier alpha value is -1.30. The molecule has 0 atom stereocenters. The van der Waals surface area contributed by atoms with Crippen molar-refractivity contribution in [2.24, 2.45) is 16.3 Å². The molecule has 2 saturated carbocycles. The molecule has 2 heterocycles. The van der Waals surface area contributed by atoms with Crippen molar-refractivity contribution in [2.45, 2.75) is 38.5 Å². The molecular weight excluding hydrogens is 314 g/mol. The van der Waals surface area contributed by atoms with Gasteiger partial charge in [0.1, 0.15) is 0 Å². The van der Waals surface area contributed by atoms with Gasteiger partial charge in [0, 0.05) is 52.9 Å². The summed E-state index contributed by atoms with van der Waals surface area (Å²) >= 11 is 0. The minimum Gasteiger partial charge on any atom is -0.356 e. The minimum absolute atomic E-state index is 0.313. The van der Waals surface area contributed by atoms with E-state index in [0.29, 0.717) is 17.9 Å². The SMILES string of the molecule is CN=C(NCC1(C2CC2)CC1)N1CCN(CC(=O)N2CCCC2)CC1. The fourth-order valence-corrected chi connectivity index (χ4v) is 4.55. The maximum atomic E-state index is 12.3. The van der Waals surface area contributed by atoms with E-state index in [1.54, 1.807) is 0 Å². The summed E-state index contributed by atoms with van der Waals surface area (Å²) in [7, 11) is 1.89. The molecule has 2 saturated heterocycles. The van der Waals surface area contributed by atoms with Crippen LogP contribution in [0.2, 0.25) is 0 Å². The second kappa shape index (κ2) is 7.14. The first kappa shape index (κ1) is 17.1. The molecule has 0 aromatic heterocycles. The van der Waals surface area contributed by atoms with Crippen LogP contribution in [-0.2, 0) is 4.79 Å². The lowest BCUT2D eigenvalue weighted by Crippen LogP contribution is -2.54. The van der Waals surface area contributed by atoms with Crippen molar-refractivity contribution in [2.75, 3.05) is 59.4 Å². The molecule has 2 aliphatic carbocycles. The first-order valence-electron chi connectivity index (χ1n) is 10.2. The topological polar surface area (TPSA) is 51.2 Å². The van der Waals surface area contributed by atoms with Gasteiger partial charge in [-0.1, -0.05) is 0 Å². The van der Waals surface area contributed by atoms with Crippen LogP contribution in [0, 0.1) is 11.3 Å². The zero-order chi connectivity index (χ0) is 17.3. The highest BCUT2D eigenvalue weighted by Crippen LogP contribution is 2.60. The van der Waals surface area contributed by atoms with Gasteiger partial charge in [-0.3, -0.25) is 14.7 Å². The quantitative estimate of drug-likeness (QED) is 0.595. The van der Waals surface area contributed by atoms with E-state index in [1.807, 2.05) is 11.9 Å². The Labute approximate surface area is 151 Å². The number of nitrogens with zero attached hydrogens (tertiary/aromatic N) is 4. The molecule has 0 bridgehead atoms. The number of guanidine groups is 1. The minimum atomic E-state index is 0.313. The fraction of sp³-hybridized carbons (Fsp3) is 0.895. The Morgan fingerprint density at radius 1 is 1.04 bits per heavy atom. The smallest absolute Gasteiger partial charge is 0.236 e. The molecule has 0 radical (unpaired) electrons. The Balaban J connectivity index is 1.21. The number of carbonyl (C=O) groups is 1. The molecule has 0 unspecified atom stereocenters. The lowest BCUT2D eigenvalue weighted by molar-refractivity contribution is -0.131. The summed E-state index contributed by atoms with van der Waals surface area (Å²) in [6.45, 7) is 7.42. The number of amides is 1. The summed E-state index contributed by atoms with van der Waals surface area (Å²) in [6, 6.07) is 0. The second-order valence-electron chi connectivity index (χ2n) is 8.39. The highest BCUT2D eigenvalue weighted by molar-refractivity contribution is 5.80. The summed E-state index contributed by atoms with van der Waals surface area (Å²) in [6.07, 6.45) is 8.00. The largest absolute Gasteiger partial charge is 0.356 e. The van der Waals surface area contributed by atoms with Gasteiger partial charge in [-0.05, 0) is 49.9 Å². The number of nitrogens with one attached hydrogen (secondary N) is 1. The van der Waals surface area contributed by atoms with Crippen molar-refractivity contribution < 1.29 is 4.79 Å². The van der Waals surface area contributed by atoms with Gasteiger partial charge in [0.05, 0.1) is 6.54 Å². The highest BCUT2D eigenvalue weighted by atomic mass is 16.2. The van der Waals surface area contributed by atoms with Crippen LogP contribution in [0.25, 0.3) is 0 Å². The number of carbonyl (C=O) groups excluding carboxylic acids is 1. The molecule has 4 rings (SSSR count). The predicted octanol–water partition coefficient (Wildman–Crippen LogP) is 0.992. The van der Waals surface area contributed by atoms with E-state index in [4.69, 9.17) is 0 Å². The first-order chi connectivity index (χ1) is 12.2. The summed E-state index contributed by atoms with van der Waals surface area (Å²) in [5.74, 6) is 2.34. The number of hydrogen-bond acceptors (Lipinski definition) is 3. The van der Waals surface area contributed by atoms with Crippen LogP contribution in [-0.4, -0.2) is 86.0 Å². The van der Waals surface area contributed by atoms with Crippen molar-refractivity contribution in [3.05, 3.63) is 0 Å². The molecule has 1 N–H and O–H groups in total. The van der Waals surface area contributed by atoms with E-state index < -0.39 is 0 Å². The zero-order valence-corrected chi connectivity index (χ0v) is 15.7. The third kappa shape index (κ3) is 3.94. The van der Waals surface area contributed by atoms with Crippen LogP contribution >= 0.6 is 0 Å². The van der Waals surface area contributed by atoms with Crippen molar-refractivity contribution in [1.29, 1.82) is 0 Å². The second-order valence-corrected chi connectivity index (χ2v) is 8.39. The normalized spacial score (nSPS) is 26.8. The number of aliphatic imine (C=N–C) groups is 1. The van der Waals surface area contributed by atoms with Crippen LogP contribution in [0.15, 0.2) is 4.99 Å². The molecule has 0 aromatic rings. The Morgan fingerprint density at radius 2 is 1.72 bits per heavy atom. The average molecular weight is 348 g/mol. The van der Waals surface area contributed by atoms with Gasteiger partial charge < -0.3 is 15.1 Å². The van der Waals surface area contributed by atoms with Crippen molar-refractivity contribution in [1.82, 2.24) is 20.0 Å². The average Bonchev–Trinajstić information content (AvgIpc) is 3.55. The van der Waals surface area contributed by atoms with Gasteiger partial charge in [0.2, 0.25) is 5.91 Å². The molecule has 0 spiro atoms. The number of hydrogen-bond donors (Lipinski definition) is 1. The third-order valence-corrected chi connectivity index (χ3v) is 6.64. The fourth-order valence-electron chi connectivity index (χ4n) is 4.55. The summed E-state index contributed by atoms with van der Waals surface area (Å²) in [5, 5.41) is 3.65. The Kier molecular flexibility index (Phi) is 4.89. The van der Waals surface area contributed by atoms with Crippen LogP contribution in [0.5, 0.6) is 0 Å². The molecule has 4 fully saturated rings. The van der Waals surface area contributed by atoms with Crippen LogP contribution in [0.4, 0.5) is 0 Å².